The third-order valence-electron chi connectivity index (χ3n) is 2.80. The van der Waals surface area contributed by atoms with Gasteiger partial charge in [0.05, 0.1) is 0 Å². The van der Waals surface area contributed by atoms with E-state index in [0.717, 1.165) is 4.57 Å². The Balaban J connectivity index is 2.60. The highest BCUT2D eigenvalue weighted by Crippen LogP contribution is 2.11. The number of aromatic nitrogens is 2. The van der Waals surface area contributed by atoms with E-state index < -0.39 is 17.0 Å². The summed E-state index contributed by atoms with van der Waals surface area (Å²) in [6, 6.07) is 6.22. The number of carbonyl (C=O) groups is 1. The maximum atomic E-state index is 12.2. The lowest BCUT2D eigenvalue weighted by atomic mass is 10.1. The maximum Gasteiger partial charge on any atom is 0.330 e. The van der Waals surface area contributed by atoms with Crippen molar-refractivity contribution in [1.29, 1.82) is 0 Å². The summed E-state index contributed by atoms with van der Waals surface area (Å²) in [5.41, 5.74) is -0.784. The lowest BCUT2D eigenvalue weighted by Crippen LogP contribution is -2.39. The summed E-state index contributed by atoms with van der Waals surface area (Å²) in [6.45, 7) is 0. The molecule has 0 bridgehead atoms. The molecule has 0 unspecified atom stereocenters. The Morgan fingerprint density at radius 2 is 1.68 bits per heavy atom. The van der Waals surface area contributed by atoms with Gasteiger partial charge < -0.3 is 4.57 Å². The molecule has 2 rings (SSSR count). The summed E-state index contributed by atoms with van der Waals surface area (Å²) in [5, 5.41) is 0.505. The zero-order chi connectivity index (χ0) is 14.2. The Kier molecular flexibility index (Phi) is 3.40. The lowest BCUT2D eigenvalue weighted by molar-refractivity contribution is 0.103. The molecule has 98 valence electrons. The zero-order valence-electron chi connectivity index (χ0n) is 10.4. The van der Waals surface area contributed by atoms with Crippen LogP contribution in [-0.2, 0) is 14.1 Å². The lowest BCUT2D eigenvalue weighted by Gasteiger charge is -2.06. The van der Waals surface area contributed by atoms with E-state index in [1.54, 1.807) is 12.1 Å². The molecule has 0 fully saturated rings. The molecule has 19 heavy (non-hydrogen) atoms. The summed E-state index contributed by atoms with van der Waals surface area (Å²) in [4.78, 5) is 35.7. The summed E-state index contributed by atoms with van der Waals surface area (Å²) < 4.78 is 2.10. The second-order valence-electron chi connectivity index (χ2n) is 4.14. The van der Waals surface area contributed by atoms with E-state index >= 15 is 0 Å². The fraction of sp³-hybridized carbons (Fsp3) is 0.154. The van der Waals surface area contributed by atoms with Crippen LogP contribution in [0, 0.1) is 0 Å². The van der Waals surface area contributed by atoms with Gasteiger partial charge in [0.15, 0.2) is 5.78 Å². The number of hydrogen-bond acceptors (Lipinski definition) is 3. The maximum absolute atomic E-state index is 12.2. The molecule has 0 radical (unpaired) electrons. The van der Waals surface area contributed by atoms with Crippen LogP contribution >= 0.6 is 11.6 Å². The van der Waals surface area contributed by atoms with Gasteiger partial charge in [-0.1, -0.05) is 11.6 Å². The predicted molar refractivity (Wildman–Crippen MR) is 71.8 cm³/mol. The number of carbonyl (C=O) groups excluding carboxylic acids is 1. The van der Waals surface area contributed by atoms with Gasteiger partial charge in [-0.2, -0.15) is 0 Å². The highest BCUT2D eigenvalue weighted by atomic mass is 35.5. The molecule has 1 heterocycles. The van der Waals surface area contributed by atoms with E-state index in [0.29, 0.717) is 10.6 Å². The molecule has 0 aliphatic carbocycles. The van der Waals surface area contributed by atoms with Crippen LogP contribution in [0.3, 0.4) is 0 Å². The highest BCUT2D eigenvalue weighted by Gasteiger charge is 2.16. The third-order valence-corrected chi connectivity index (χ3v) is 3.05. The average Bonchev–Trinajstić information content (AvgIpc) is 2.40. The number of rotatable bonds is 2. The molecule has 0 N–H and O–H groups in total. The monoisotopic (exact) mass is 278 g/mol. The SMILES string of the molecule is Cn1cc(C(=O)c2ccc(Cl)cc2)c(=O)n(C)c1=O. The zero-order valence-corrected chi connectivity index (χ0v) is 11.1. The first-order valence-electron chi connectivity index (χ1n) is 5.48. The molecule has 0 saturated carbocycles. The molecule has 0 aliphatic heterocycles. The minimum absolute atomic E-state index is 0.0491. The fourth-order valence-electron chi connectivity index (χ4n) is 1.72. The molecule has 1 aromatic heterocycles. The van der Waals surface area contributed by atoms with Gasteiger partial charge in [0, 0.05) is 30.9 Å². The van der Waals surface area contributed by atoms with Gasteiger partial charge in [-0.3, -0.25) is 14.2 Å². The second-order valence-corrected chi connectivity index (χ2v) is 4.57. The topological polar surface area (TPSA) is 61.1 Å². The molecule has 0 saturated heterocycles. The van der Waals surface area contributed by atoms with E-state index in [9.17, 15) is 14.4 Å². The van der Waals surface area contributed by atoms with Gasteiger partial charge in [0.1, 0.15) is 5.56 Å². The molecule has 5 nitrogen and oxygen atoms in total. The van der Waals surface area contributed by atoms with Crippen LogP contribution in [0.25, 0.3) is 0 Å². The summed E-state index contributed by atoms with van der Waals surface area (Å²) in [6.07, 6.45) is 1.25. The van der Waals surface area contributed by atoms with Crippen molar-refractivity contribution < 1.29 is 4.79 Å². The van der Waals surface area contributed by atoms with Crippen LogP contribution in [0.4, 0.5) is 0 Å². The first kappa shape index (κ1) is 13.3. The summed E-state index contributed by atoms with van der Waals surface area (Å²) in [7, 11) is 2.82. The van der Waals surface area contributed by atoms with Crippen LogP contribution in [-0.4, -0.2) is 14.9 Å². The number of halogens is 1. The summed E-state index contributed by atoms with van der Waals surface area (Å²) in [5.74, 6) is -0.437. The second kappa shape index (κ2) is 4.85. The van der Waals surface area contributed by atoms with E-state index in [4.69, 9.17) is 11.6 Å². The Morgan fingerprint density at radius 3 is 2.26 bits per heavy atom. The fourth-order valence-corrected chi connectivity index (χ4v) is 1.85. The van der Waals surface area contributed by atoms with Gasteiger partial charge in [0.25, 0.3) is 5.56 Å². The number of ketones is 1. The van der Waals surface area contributed by atoms with Crippen molar-refractivity contribution in [1.82, 2.24) is 9.13 Å². The Hall–Kier alpha value is -2.14. The number of hydrogen-bond donors (Lipinski definition) is 0. The number of aryl methyl sites for hydroxylation is 1. The van der Waals surface area contributed by atoms with E-state index in [1.165, 1.54) is 37.0 Å². The van der Waals surface area contributed by atoms with Gasteiger partial charge in [0.2, 0.25) is 0 Å². The van der Waals surface area contributed by atoms with E-state index in [2.05, 4.69) is 0 Å². The first-order chi connectivity index (χ1) is 8.91. The summed E-state index contributed by atoms with van der Waals surface area (Å²) >= 11 is 5.74. The average molecular weight is 279 g/mol. The quantitative estimate of drug-likeness (QED) is 0.769. The van der Waals surface area contributed by atoms with Crippen molar-refractivity contribution in [3.05, 3.63) is 67.4 Å². The smallest absolute Gasteiger partial charge is 0.303 e. The number of benzene rings is 1. The predicted octanol–water partition coefficient (Wildman–Crippen LogP) is 0.968. The van der Waals surface area contributed by atoms with Crippen LogP contribution < -0.4 is 11.2 Å². The standard InChI is InChI=1S/C13H11ClN2O3/c1-15-7-10(12(18)16(2)13(15)19)11(17)8-3-5-9(14)6-4-8/h3-7H,1-2H3. The molecule has 1 aromatic carbocycles. The van der Waals surface area contributed by atoms with Crippen molar-refractivity contribution in [2.45, 2.75) is 0 Å². The highest BCUT2D eigenvalue weighted by molar-refractivity contribution is 6.30. The van der Waals surface area contributed by atoms with Crippen molar-refractivity contribution in [2.24, 2.45) is 14.1 Å². The van der Waals surface area contributed by atoms with Crippen molar-refractivity contribution >= 4 is 17.4 Å². The molecular weight excluding hydrogens is 268 g/mol. The normalized spacial score (nSPS) is 10.5. The molecule has 6 heteroatoms. The van der Waals surface area contributed by atoms with Gasteiger partial charge in [-0.25, -0.2) is 4.79 Å². The molecule has 0 spiro atoms. The third kappa shape index (κ3) is 2.37. The van der Waals surface area contributed by atoms with Crippen LogP contribution in [0.1, 0.15) is 15.9 Å². The van der Waals surface area contributed by atoms with Crippen LogP contribution in [0.2, 0.25) is 5.02 Å². The first-order valence-corrected chi connectivity index (χ1v) is 5.86. The van der Waals surface area contributed by atoms with Gasteiger partial charge in [-0.15, -0.1) is 0 Å². The molecule has 0 atom stereocenters. The number of nitrogens with zero attached hydrogens (tertiary/aromatic N) is 2. The van der Waals surface area contributed by atoms with Crippen molar-refractivity contribution in [2.75, 3.05) is 0 Å². The van der Waals surface area contributed by atoms with Crippen LogP contribution in [0.15, 0.2) is 40.1 Å². The van der Waals surface area contributed by atoms with E-state index in [-0.39, 0.29) is 5.56 Å². The molecular formula is C13H11ClN2O3. The molecule has 0 aliphatic rings. The minimum Gasteiger partial charge on any atom is -0.303 e. The van der Waals surface area contributed by atoms with Crippen molar-refractivity contribution in [3.8, 4) is 0 Å². The molecule has 0 amide bonds. The minimum atomic E-state index is -0.608. The largest absolute Gasteiger partial charge is 0.330 e. The van der Waals surface area contributed by atoms with Crippen LogP contribution in [0.5, 0.6) is 0 Å². The van der Waals surface area contributed by atoms with Gasteiger partial charge in [-0.05, 0) is 24.3 Å². The van der Waals surface area contributed by atoms with Gasteiger partial charge >= 0.3 is 5.69 Å². The Labute approximate surface area is 113 Å². The Bertz CT molecular complexity index is 757. The van der Waals surface area contributed by atoms with Crippen molar-refractivity contribution in [3.63, 3.8) is 0 Å². The van der Waals surface area contributed by atoms with E-state index in [1.807, 2.05) is 0 Å². The molecule has 2 aromatic rings. The Morgan fingerprint density at radius 1 is 1.11 bits per heavy atom.